The monoisotopic (exact) mass is 239 g/mol. The Kier molecular flexibility index (Phi) is 2.75. The summed E-state index contributed by atoms with van der Waals surface area (Å²) in [5.41, 5.74) is 0.495. The van der Waals surface area contributed by atoms with Gasteiger partial charge in [0.05, 0.1) is 17.6 Å². The third-order valence-electron chi connectivity index (χ3n) is 2.17. The van der Waals surface area contributed by atoms with E-state index in [0.29, 0.717) is 22.2 Å². The minimum absolute atomic E-state index is 0.0926. The highest BCUT2D eigenvalue weighted by molar-refractivity contribution is 6.35. The lowest BCUT2D eigenvalue weighted by Gasteiger charge is -2.05. The van der Waals surface area contributed by atoms with Crippen LogP contribution in [-0.4, -0.2) is 18.4 Å². The molecule has 2 aromatic rings. The molecule has 1 aromatic heterocycles. The summed E-state index contributed by atoms with van der Waals surface area (Å²) in [6, 6.07) is 4.07. The summed E-state index contributed by atoms with van der Waals surface area (Å²) in [4.78, 5) is 14.5. The number of ether oxygens (including phenoxy) is 1. The number of aromatic nitrogens is 1. The SMILES string of the molecule is COc1cc2c(Cl)cc(C=O)nc2cc1F. The Hall–Kier alpha value is -1.68. The van der Waals surface area contributed by atoms with E-state index in [1.165, 1.54) is 25.3 Å². The second kappa shape index (κ2) is 4.06. The van der Waals surface area contributed by atoms with E-state index in [9.17, 15) is 9.18 Å². The Labute approximate surface area is 95.8 Å². The summed E-state index contributed by atoms with van der Waals surface area (Å²) in [5.74, 6) is -0.448. The van der Waals surface area contributed by atoms with Crippen molar-refractivity contribution in [3.63, 3.8) is 0 Å². The molecule has 0 N–H and O–H groups in total. The molecule has 5 heteroatoms. The highest BCUT2D eigenvalue weighted by Gasteiger charge is 2.09. The van der Waals surface area contributed by atoms with E-state index in [1.807, 2.05) is 0 Å². The molecule has 0 saturated heterocycles. The Balaban J connectivity index is 2.79. The van der Waals surface area contributed by atoms with Gasteiger partial charge in [0.2, 0.25) is 0 Å². The van der Waals surface area contributed by atoms with Gasteiger partial charge >= 0.3 is 0 Å². The number of halogens is 2. The van der Waals surface area contributed by atoms with Gasteiger partial charge < -0.3 is 4.74 Å². The fourth-order valence-corrected chi connectivity index (χ4v) is 1.69. The zero-order chi connectivity index (χ0) is 11.7. The molecule has 0 radical (unpaired) electrons. The maximum atomic E-state index is 13.4. The van der Waals surface area contributed by atoms with Gasteiger partial charge in [0.25, 0.3) is 0 Å². The number of carbonyl (C=O) groups excluding carboxylic acids is 1. The molecule has 0 unspecified atom stereocenters. The normalized spacial score (nSPS) is 10.4. The first-order valence-electron chi connectivity index (χ1n) is 4.44. The maximum Gasteiger partial charge on any atom is 0.168 e. The van der Waals surface area contributed by atoms with Crippen molar-refractivity contribution in [2.45, 2.75) is 0 Å². The molecule has 0 spiro atoms. The van der Waals surface area contributed by atoms with Gasteiger partial charge in [-0.25, -0.2) is 9.37 Å². The van der Waals surface area contributed by atoms with Crippen LogP contribution in [0.2, 0.25) is 5.02 Å². The fourth-order valence-electron chi connectivity index (χ4n) is 1.42. The maximum absolute atomic E-state index is 13.4. The van der Waals surface area contributed by atoms with Crippen LogP contribution in [-0.2, 0) is 0 Å². The molecule has 0 fully saturated rings. The number of hydrogen-bond acceptors (Lipinski definition) is 3. The van der Waals surface area contributed by atoms with Crippen molar-refractivity contribution in [1.29, 1.82) is 0 Å². The molecule has 82 valence electrons. The molecule has 2 rings (SSSR count). The molecule has 0 saturated carbocycles. The zero-order valence-corrected chi connectivity index (χ0v) is 9.08. The third kappa shape index (κ3) is 1.72. The standard InChI is InChI=1S/C11H7ClFNO2/c1-16-11-3-7-8(12)2-6(5-15)14-10(7)4-9(11)13/h2-5H,1H3. The Morgan fingerprint density at radius 1 is 1.44 bits per heavy atom. The van der Waals surface area contributed by atoms with Crippen LogP contribution in [0.25, 0.3) is 10.9 Å². The van der Waals surface area contributed by atoms with Crippen molar-refractivity contribution >= 4 is 28.8 Å². The van der Waals surface area contributed by atoms with E-state index >= 15 is 0 Å². The van der Waals surface area contributed by atoms with Crippen molar-refractivity contribution in [2.24, 2.45) is 0 Å². The van der Waals surface area contributed by atoms with Gasteiger partial charge in [-0.1, -0.05) is 11.6 Å². The first kappa shape index (κ1) is 10.8. The molecule has 16 heavy (non-hydrogen) atoms. The average molecular weight is 240 g/mol. The van der Waals surface area contributed by atoms with E-state index in [-0.39, 0.29) is 11.4 Å². The van der Waals surface area contributed by atoms with Crippen molar-refractivity contribution in [2.75, 3.05) is 7.11 Å². The first-order chi connectivity index (χ1) is 7.65. The highest BCUT2D eigenvalue weighted by Crippen LogP contribution is 2.28. The van der Waals surface area contributed by atoms with Gasteiger partial charge in [-0.15, -0.1) is 0 Å². The predicted octanol–water partition coefficient (Wildman–Crippen LogP) is 2.85. The largest absolute Gasteiger partial charge is 0.494 e. The van der Waals surface area contributed by atoms with Crippen LogP contribution in [0.1, 0.15) is 10.5 Å². The summed E-state index contributed by atoms with van der Waals surface area (Å²) in [5, 5.41) is 0.885. The molecule has 1 aromatic carbocycles. The van der Waals surface area contributed by atoms with Gasteiger partial charge in [-0.2, -0.15) is 0 Å². The molecule has 3 nitrogen and oxygen atoms in total. The number of nitrogens with zero attached hydrogens (tertiary/aromatic N) is 1. The molecular weight excluding hydrogens is 233 g/mol. The number of benzene rings is 1. The average Bonchev–Trinajstić information content (AvgIpc) is 2.28. The zero-order valence-electron chi connectivity index (χ0n) is 8.33. The van der Waals surface area contributed by atoms with E-state index in [4.69, 9.17) is 16.3 Å². The van der Waals surface area contributed by atoms with E-state index in [0.717, 1.165) is 0 Å². The van der Waals surface area contributed by atoms with Crippen LogP contribution in [0.4, 0.5) is 4.39 Å². The highest BCUT2D eigenvalue weighted by atomic mass is 35.5. The van der Waals surface area contributed by atoms with Crippen molar-refractivity contribution in [1.82, 2.24) is 4.98 Å². The van der Waals surface area contributed by atoms with Gasteiger partial charge in [-0.05, 0) is 12.1 Å². The predicted molar refractivity (Wildman–Crippen MR) is 58.7 cm³/mol. The molecule has 0 aliphatic rings. The van der Waals surface area contributed by atoms with Gasteiger partial charge in [-0.3, -0.25) is 4.79 Å². The topological polar surface area (TPSA) is 39.2 Å². The van der Waals surface area contributed by atoms with Crippen LogP contribution in [0.15, 0.2) is 18.2 Å². The second-order valence-corrected chi connectivity index (χ2v) is 3.56. The van der Waals surface area contributed by atoms with Crippen LogP contribution in [0.3, 0.4) is 0 Å². The molecule has 0 bridgehead atoms. The smallest absolute Gasteiger partial charge is 0.168 e. The van der Waals surface area contributed by atoms with Gasteiger partial charge in [0.15, 0.2) is 17.9 Å². The van der Waals surface area contributed by atoms with E-state index in [2.05, 4.69) is 4.98 Å². The number of fused-ring (bicyclic) bond motifs is 1. The van der Waals surface area contributed by atoms with Crippen LogP contribution in [0.5, 0.6) is 5.75 Å². The van der Waals surface area contributed by atoms with Crippen LogP contribution < -0.4 is 4.74 Å². The van der Waals surface area contributed by atoms with Crippen LogP contribution >= 0.6 is 11.6 Å². The summed E-state index contributed by atoms with van der Waals surface area (Å²) >= 11 is 5.95. The minimum Gasteiger partial charge on any atom is -0.494 e. The van der Waals surface area contributed by atoms with Crippen LogP contribution in [0, 0.1) is 5.82 Å². The third-order valence-corrected chi connectivity index (χ3v) is 2.49. The second-order valence-electron chi connectivity index (χ2n) is 3.15. The fraction of sp³-hybridized carbons (Fsp3) is 0.0909. The number of rotatable bonds is 2. The Morgan fingerprint density at radius 3 is 2.81 bits per heavy atom. The van der Waals surface area contributed by atoms with Crippen molar-refractivity contribution < 1.29 is 13.9 Å². The number of carbonyl (C=O) groups is 1. The summed E-state index contributed by atoms with van der Waals surface area (Å²) in [6.07, 6.45) is 0.563. The Morgan fingerprint density at radius 2 is 2.19 bits per heavy atom. The number of aldehydes is 1. The van der Waals surface area contributed by atoms with E-state index < -0.39 is 5.82 Å². The lowest BCUT2D eigenvalue weighted by molar-refractivity contribution is 0.111. The summed E-state index contributed by atoms with van der Waals surface area (Å²) in [6.45, 7) is 0. The lowest BCUT2D eigenvalue weighted by atomic mass is 10.2. The quantitative estimate of drug-likeness (QED) is 0.757. The lowest BCUT2D eigenvalue weighted by Crippen LogP contribution is -1.93. The number of methoxy groups -OCH3 is 1. The summed E-state index contributed by atoms with van der Waals surface area (Å²) < 4.78 is 18.2. The van der Waals surface area contributed by atoms with Crippen molar-refractivity contribution in [3.8, 4) is 5.75 Å². The Bertz CT molecular complexity index is 571. The molecule has 1 heterocycles. The summed E-state index contributed by atoms with van der Waals surface area (Å²) in [7, 11) is 1.37. The number of hydrogen-bond donors (Lipinski definition) is 0. The molecule has 0 atom stereocenters. The van der Waals surface area contributed by atoms with Gasteiger partial charge in [0, 0.05) is 11.5 Å². The molecule has 0 amide bonds. The van der Waals surface area contributed by atoms with Gasteiger partial charge in [0.1, 0.15) is 5.69 Å². The molecule has 0 aliphatic heterocycles. The molecular formula is C11H7ClFNO2. The van der Waals surface area contributed by atoms with E-state index in [1.54, 1.807) is 0 Å². The molecule has 0 aliphatic carbocycles. The first-order valence-corrected chi connectivity index (χ1v) is 4.82. The number of pyridine rings is 1. The van der Waals surface area contributed by atoms with Crippen molar-refractivity contribution in [3.05, 3.63) is 34.7 Å². The minimum atomic E-state index is -0.540.